The van der Waals surface area contributed by atoms with Gasteiger partial charge in [0.25, 0.3) is 0 Å². The number of anilines is 8. The van der Waals surface area contributed by atoms with Crippen molar-refractivity contribution in [3.8, 4) is 0 Å². The summed E-state index contributed by atoms with van der Waals surface area (Å²) in [6, 6.07) is 51.1. The second-order valence-corrected chi connectivity index (χ2v) is 35.0. The van der Waals surface area contributed by atoms with E-state index >= 15 is 0 Å². The molecule has 4 aliphatic heterocycles. The summed E-state index contributed by atoms with van der Waals surface area (Å²) in [5.74, 6) is 7.43. The number of hydrogen-bond acceptors (Lipinski definition) is 27. The van der Waals surface area contributed by atoms with E-state index in [9.17, 15) is 4.79 Å². The fourth-order valence-corrected chi connectivity index (χ4v) is 16.8. The van der Waals surface area contributed by atoms with Crippen molar-refractivity contribution in [2.45, 2.75) is 132 Å². The first kappa shape index (κ1) is 90.6. The number of piperazine rings is 4. The number of likely N-dealkylation sites (N-methyl/N-ethyl adjacent to an activating group) is 4. The number of carbonyl (C=O) groups is 1. The minimum Gasteiger partial charge on any atom is -0.444 e. The van der Waals surface area contributed by atoms with Gasteiger partial charge in [0, 0.05) is 208 Å². The van der Waals surface area contributed by atoms with Crippen LogP contribution in [0.4, 0.5) is 50.8 Å². The first-order valence-corrected chi connectivity index (χ1v) is 45.3. The molecular weight excluding hydrogens is 1570 g/mol. The lowest BCUT2D eigenvalue weighted by atomic mass is 10.1. The molecule has 28 nitrogen and oxygen atoms in total. The van der Waals surface area contributed by atoms with Crippen LogP contribution in [0, 0.1) is 27.7 Å². The summed E-state index contributed by atoms with van der Waals surface area (Å²) in [4.78, 5) is 97.2. The number of ether oxygens (including phenoxy) is 1. The van der Waals surface area contributed by atoms with Gasteiger partial charge in [0.05, 0.1) is 93.8 Å². The van der Waals surface area contributed by atoms with Crippen LogP contribution >= 0.6 is 0 Å². The van der Waals surface area contributed by atoms with Crippen LogP contribution in [0.25, 0.3) is 43.6 Å². The van der Waals surface area contributed by atoms with Crippen molar-refractivity contribution in [1.82, 2.24) is 84.7 Å². The van der Waals surface area contributed by atoms with Crippen LogP contribution in [0.15, 0.2) is 170 Å². The zero-order valence-corrected chi connectivity index (χ0v) is 76.3. The van der Waals surface area contributed by atoms with Gasteiger partial charge in [0.2, 0.25) is 0 Å². The third-order valence-electron chi connectivity index (χ3n) is 23.8. The Morgan fingerprint density at radius 2 is 0.698 bits per heavy atom. The molecule has 0 radical (unpaired) electrons. The SMILES string of the molecule is CCN(Cc1cc(N2CCN(C)CC2)nc(C)n1)c1cccc2cccnc12.Cc1nc(CN(CCCCN)c2cccc3cccnc23)cc(N2CCN(C)CC2)n1.Cc1nc(CN(CCCCNC(=O)OC(C)(C)C)c2cccc3cccnc23)cc(N2CCN(C)CC2)n1.Cc1nc(CN(c2cccc3cccnc23)C2CC2)cc(N2CCN(C)CC2)n1. The monoisotopic (exact) mass is 1700 g/mol. The third-order valence-corrected chi connectivity index (χ3v) is 23.8. The van der Waals surface area contributed by atoms with Crippen LogP contribution in [0.2, 0.25) is 0 Å². The molecule has 12 aromatic rings. The van der Waals surface area contributed by atoms with Crippen molar-refractivity contribution >= 4 is 95.7 Å². The van der Waals surface area contributed by atoms with Crippen molar-refractivity contribution in [2.75, 3.05) is 205 Å². The number of pyridine rings is 4. The van der Waals surface area contributed by atoms with Gasteiger partial charge in [-0.3, -0.25) is 19.9 Å². The summed E-state index contributed by atoms with van der Waals surface area (Å²) in [5.41, 5.74) is 18.2. The fraction of sp³-hybridized carbons (Fsp3) is 0.459. The quantitative estimate of drug-likeness (QED) is 0.0453. The van der Waals surface area contributed by atoms with E-state index in [2.05, 4.69) is 236 Å². The smallest absolute Gasteiger partial charge is 0.407 e. The number of nitrogens with two attached hydrogens (primary N) is 1. The Morgan fingerprint density at radius 3 is 1.02 bits per heavy atom. The van der Waals surface area contributed by atoms with Gasteiger partial charge in [0.15, 0.2) is 0 Å². The van der Waals surface area contributed by atoms with Crippen molar-refractivity contribution < 1.29 is 9.53 Å². The number of carbonyl (C=O) groups excluding carboxylic acids is 1. The minimum absolute atomic E-state index is 0.375. The number of hydrogen-bond donors (Lipinski definition) is 2. The molecule has 4 aromatic carbocycles. The van der Waals surface area contributed by atoms with Gasteiger partial charge in [-0.15, -0.1) is 0 Å². The number of fused-ring (bicyclic) bond motifs is 4. The molecule has 126 heavy (non-hydrogen) atoms. The number of amides is 1. The van der Waals surface area contributed by atoms with E-state index in [0.717, 1.165) is 294 Å². The van der Waals surface area contributed by atoms with E-state index in [4.69, 9.17) is 55.3 Å². The Morgan fingerprint density at radius 1 is 0.397 bits per heavy atom. The molecule has 12 heterocycles. The van der Waals surface area contributed by atoms with Gasteiger partial charge in [-0.25, -0.2) is 44.7 Å². The molecule has 0 unspecified atom stereocenters. The molecule has 3 N–H and O–H groups in total. The molecule has 1 amide bonds. The highest BCUT2D eigenvalue weighted by Crippen LogP contribution is 2.38. The number of benzene rings is 4. The molecule has 664 valence electrons. The molecule has 5 aliphatic rings. The topological polar surface area (TPSA) is 258 Å². The molecule has 5 fully saturated rings. The predicted octanol–water partition coefficient (Wildman–Crippen LogP) is 13.6. The van der Waals surface area contributed by atoms with Gasteiger partial charge < -0.3 is 74.6 Å². The number of nitrogens with zero attached hydrogens (tertiary/aromatic N) is 24. The number of para-hydroxylation sites is 4. The van der Waals surface area contributed by atoms with E-state index in [0.29, 0.717) is 25.7 Å². The summed E-state index contributed by atoms with van der Waals surface area (Å²) in [6.45, 7) is 39.0. The van der Waals surface area contributed by atoms with Gasteiger partial charge in [-0.05, 0) is 177 Å². The highest BCUT2D eigenvalue weighted by Gasteiger charge is 2.32. The van der Waals surface area contributed by atoms with E-state index < -0.39 is 5.60 Å². The average molecular weight is 1700 g/mol. The highest BCUT2D eigenvalue weighted by atomic mass is 16.6. The number of alkyl carbamates (subject to hydrolysis) is 1. The molecular formula is C98H130N26O2. The van der Waals surface area contributed by atoms with Crippen molar-refractivity contribution in [3.05, 3.63) is 216 Å². The molecule has 1 saturated carbocycles. The second kappa shape index (κ2) is 43.5. The maximum atomic E-state index is 12.0. The molecule has 1 aliphatic carbocycles. The average Bonchev–Trinajstić information content (AvgIpc) is 1.24. The standard InChI is InChI=1S/C29H41N7O2.C24H33N7.C23H28N6.C22H28N6/c1-22-32-24(20-26(33-22)35-18-16-34(5)17-19-35)21-36(15-7-6-13-31-28(37)38-29(2,3)4)25-12-8-10-23-11-9-14-30-27(23)25;1-19-27-21(17-23(28-19)30-15-13-29(2)14-16-30)18-31(12-4-3-10-25)22-9-5-7-20-8-6-11-26-24(20)22;1-17-25-19(15-22(26-17)28-13-11-27(2)12-14-28)16-29(20-8-9-20)21-7-3-5-18-6-4-10-24-23(18)21;1-4-27(20-9-5-7-18-8-6-10-23-22(18)20)16-19-15-21(25-17(2)24-19)28-13-11-26(3)12-14-28/h8-12,14,20H,6-7,13,15-19,21H2,1-5H3,(H,31,37);5-9,11,17H,3-4,10,12-16,18,25H2,1-2H3;3-7,10,15,20H,8-9,11-14,16H2,1-2H3;5-10,15H,4,11-14,16H2,1-3H3. The Kier molecular flexibility index (Phi) is 31.2. The maximum Gasteiger partial charge on any atom is 0.407 e. The first-order chi connectivity index (χ1) is 61.1. The Bertz CT molecular complexity index is 5500. The molecule has 28 heteroatoms. The van der Waals surface area contributed by atoms with Crippen LogP contribution in [-0.2, 0) is 30.9 Å². The lowest BCUT2D eigenvalue weighted by Gasteiger charge is -2.33. The molecule has 0 spiro atoms. The van der Waals surface area contributed by atoms with E-state index in [1.165, 1.54) is 23.9 Å². The Hall–Kier alpha value is -11.7. The third kappa shape index (κ3) is 25.1. The number of aromatic nitrogens is 12. The zero-order valence-electron chi connectivity index (χ0n) is 76.3. The van der Waals surface area contributed by atoms with Crippen LogP contribution in [0.5, 0.6) is 0 Å². The van der Waals surface area contributed by atoms with Crippen molar-refractivity contribution in [1.29, 1.82) is 0 Å². The van der Waals surface area contributed by atoms with Gasteiger partial charge in [-0.2, -0.15) is 0 Å². The van der Waals surface area contributed by atoms with Gasteiger partial charge in [0.1, 0.15) is 52.2 Å². The zero-order chi connectivity index (χ0) is 88.1. The van der Waals surface area contributed by atoms with Crippen LogP contribution in [0.3, 0.4) is 0 Å². The largest absolute Gasteiger partial charge is 0.444 e. The summed E-state index contributed by atoms with van der Waals surface area (Å²) in [5, 5.41) is 7.48. The summed E-state index contributed by atoms with van der Waals surface area (Å²) < 4.78 is 5.35. The molecule has 0 atom stereocenters. The lowest BCUT2D eigenvalue weighted by Crippen LogP contribution is -2.45. The van der Waals surface area contributed by atoms with Crippen molar-refractivity contribution in [2.24, 2.45) is 5.73 Å². The summed E-state index contributed by atoms with van der Waals surface area (Å²) in [6.07, 6.45) is 13.3. The Balaban J connectivity index is 0.000000137. The van der Waals surface area contributed by atoms with Crippen molar-refractivity contribution in [3.63, 3.8) is 0 Å². The predicted molar refractivity (Wildman–Crippen MR) is 513 cm³/mol. The first-order valence-electron chi connectivity index (χ1n) is 45.3. The minimum atomic E-state index is -0.499. The molecule has 17 rings (SSSR count). The number of rotatable bonds is 27. The maximum absolute atomic E-state index is 12.0. The fourth-order valence-electron chi connectivity index (χ4n) is 16.8. The number of unbranched alkanes of at least 4 members (excludes halogenated alkanes) is 2. The molecule has 4 saturated heterocycles. The molecule has 8 aromatic heterocycles. The number of nitrogens with one attached hydrogen (secondary N) is 1. The lowest BCUT2D eigenvalue weighted by molar-refractivity contribution is 0.0527. The number of aryl methyl sites for hydroxylation is 4. The van der Waals surface area contributed by atoms with Gasteiger partial charge in [-0.1, -0.05) is 72.8 Å². The normalized spacial score (nSPS) is 15.5. The molecule has 0 bridgehead atoms. The second-order valence-electron chi connectivity index (χ2n) is 35.0. The summed E-state index contributed by atoms with van der Waals surface area (Å²) >= 11 is 0. The van der Waals surface area contributed by atoms with E-state index in [1.807, 2.05) is 97.5 Å². The summed E-state index contributed by atoms with van der Waals surface area (Å²) in [7, 11) is 8.68. The van der Waals surface area contributed by atoms with E-state index in [1.54, 1.807) is 0 Å². The van der Waals surface area contributed by atoms with Gasteiger partial charge >= 0.3 is 6.09 Å². The van der Waals surface area contributed by atoms with Crippen LogP contribution in [-0.4, -0.2) is 263 Å². The Labute approximate surface area is 744 Å². The van der Waals surface area contributed by atoms with E-state index in [-0.39, 0.29) is 6.09 Å². The van der Waals surface area contributed by atoms with Crippen LogP contribution in [0.1, 0.15) is 112 Å². The van der Waals surface area contributed by atoms with Crippen LogP contribution < -0.4 is 50.2 Å². The highest BCUT2D eigenvalue weighted by molar-refractivity contribution is 5.93.